The van der Waals surface area contributed by atoms with Gasteiger partial charge in [-0.1, -0.05) is 11.6 Å². The summed E-state index contributed by atoms with van der Waals surface area (Å²) in [6.45, 7) is 4.77. The summed E-state index contributed by atoms with van der Waals surface area (Å²) in [7, 11) is 0.716. The van der Waals surface area contributed by atoms with Gasteiger partial charge in [0.15, 0.2) is 5.82 Å². The Morgan fingerprint density at radius 1 is 1.32 bits per heavy atom. The summed E-state index contributed by atoms with van der Waals surface area (Å²) >= 11 is 5.65. The fourth-order valence-electron chi connectivity index (χ4n) is 1.22. The van der Waals surface area contributed by atoms with Crippen LogP contribution in [0.5, 0.6) is 0 Å². The first-order chi connectivity index (χ1) is 8.42. The second kappa shape index (κ2) is 5.26. The number of hydrogen-bond donors (Lipinski definition) is 0. The standard InChI is InChI=1S/C11H11Cl2FO4S/c1-11(2,3)18-10(15)7-4-6(12)5-8(9(7)14)19(13,16)17/h4-5H,1-3H3. The quantitative estimate of drug-likeness (QED) is 0.617. The van der Waals surface area contributed by atoms with Gasteiger partial charge in [-0.3, -0.25) is 0 Å². The lowest BCUT2D eigenvalue weighted by atomic mass is 10.1. The minimum Gasteiger partial charge on any atom is -0.456 e. The van der Waals surface area contributed by atoms with Gasteiger partial charge in [0.25, 0.3) is 9.05 Å². The maximum absolute atomic E-state index is 14.0. The van der Waals surface area contributed by atoms with E-state index in [-0.39, 0.29) is 5.02 Å². The van der Waals surface area contributed by atoms with Crippen LogP contribution in [0.4, 0.5) is 4.39 Å². The zero-order valence-electron chi connectivity index (χ0n) is 10.3. The summed E-state index contributed by atoms with van der Waals surface area (Å²) in [5.41, 5.74) is -1.44. The molecule has 1 aromatic carbocycles. The lowest BCUT2D eigenvalue weighted by Gasteiger charge is -2.20. The second-order valence-electron chi connectivity index (χ2n) is 4.71. The van der Waals surface area contributed by atoms with Crippen molar-refractivity contribution >= 4 is 37.3 Å². The number of carbonyl (C=O) groups excluding carboxylic acids is 1. The minimum atomic E-state index is -4.35. The van der Waals surface area contributed by atoms with E-state index in [4.69, 9.17) is 27.0 Å². The topological polar surface area (TPSA) is 60.4 Å². The van der Waals surface area contributed by atoms with Crippen molar-refractivity contribution in [1.82, 2.24) is 0 Å². The number of carbonyl (C=O) groups is 1. The SMILES string of the molecule is CC(C)(C)OC(=O)c1cc(Cl)cc(S(=O)(=O)Cl)c1F. The first-order valence-electron chi connectivity index (χ1n) is 5.09. The summed E-state index contributed by atoms with van der Waals surface area (Å²) in [4.78, 5) is 10.9. The Balaban J connectivity index is 3.38. The Labute approximate surface area is 119 Å². The average molecular weight is 329 g/mol. The number of ether oxygens (including phenoxy) is 1. The monoisotopic (exact) mass is 328 g/mol. The van der Waals surface area contributed by atoms with E-state index in [1.54, 1.807) is 20.8 Å². The normalized spacial score (nSPS) is 12.3. The molecule has 1 rings (SSSR count). The molecule has 0 saturated heterocycles. The lowest BCUT2D eigenvalue weighted by Crippen LogP contribution is -2.24. The summed E-state index contributed by atoms with van der Waals surface area (Å²) in [6.07, 6.45) is 0. The molecule has 0 unspecified atom stereocenters. The van der Waals surface area contributed by atoms with Crippen LogP contribution in [0.2, 0.25) is 5.02 Å². The highest BCUT2D eigenvalue weighted by Crippen LogP contribution is 2.27. The van der Waals surface area contributed by atoms with Crippen molar-refractivity contribution in [3.63, 3.8) is 0 Å². The van der Waals surface area contributed by atoms with E-state index < -0.39 is 36.9 Å². The fourth-order valence-corrected chi connectivity index (χ4v) is 2.43. The van der Waals surface area contributed by atoms with E-state index in [0.29, 0.717) is 0 Å². The molecule has 19 heavy (non-hydrogen) atoms. The smallest absolute Gasteiger partial charge is 0.341 e. The van der Waals surface area contributed by atoms with Gasteiger partial charge in [-0.15, -0.1) is 0 Å². The van der Waals surface area contributed by atoms with Crippen LogP contribution in [0.15, 0.2) is 17.0 Å². The molecular weight excluding hydrogens is 318 g/mol. The molecule has 0 aliphatic heterocycles. The highest BCUT2D eigenvalue weighted by Gasteiger charge is 2.27. The van der Waals surface area contributed by atoms with Crippen LogP contribution >= 0.6 is 22.3 Å². The summed E-state index contributed by atoms with van der Waals surface area (Å²) in [6, 6.07) is 1.81. The van der Waals surface area contributed by atoms with Gasteiger partial charge in [-0.2, -0.15) is 0 Å². The van der Waals surface area contributed by atoms with E-state index in [9.17, 15) is 17.6 Å². The van der Waals surface area contributed by atoms with Gasteiger partial charge in [0, 0.05) is 15.7 Å². The minimum absolute atomic E-state index is 0.138. The predicted molar refractivity (Wildman–Crippen MR) is 69.6 cm³/mol. The van der Waals surface area contributed by atoms with Crippen LogP contribution in [0, 0.1) is 5.82 Å². The molecule has 0 radical (unpaired) electrons. The molecule has 8 heteroatoms. The second-order valence-corrected chi connectivity index (χ2v) is 7.68. The molecular formula is C11H11Cl2FO4S. The Morgan fingerprint density at radius 3 is 2.26 bits per heavy atom. The van der Waals surface area contributed by atoms with Gasteiger partial charge < -0.3 is 4.74 Å². The molecule has 0 amide bonds. The van der Waals surface area contributed by atoms with Gasteiger partial charge in [0.05, 0.1) is 5.56 Å². The number of benzene rings is 1. The largest absolute Gasteiger partial charge is 0.456 e. The van der Waals surface area contributed by atoms with Gasteiger partial charge in [-0.25, -0.2) is 17.6 Å². The van der Waals surface area contributed by atoms with Crippen LogP contribution in [0.3, 0.4) is 0 Å². The van der Waals surface area contributed by atoms with Crippen molar-refractivity contribution in [3.05, 3.63) is 28.5 Å². The average Bonchev–Trinajstić information content (AvgIpc) is 2.16. The van der Waals surface area contributed by atoms with E-state index in [1.807, 2.05) is 0 Å². The Morgan fingerprint density at radius 2 is 1.84 bits per heavy atom. The Bertz CT molecular complexity index is 620. The van der Waals surface area contributed by atoms with Crippen LogP contribution in [0.1, 0.15) is 31.1 Å². The number of halogens is 3. The van der Waals surface area contributed by atoms with Crippen molar-refractivity contribution in [2.45, 2.75) is 31.3 Å². The van der Waals surface area contributed by atoms with Crippen molar-refractivity contribution in [2.24, 2.45) is 0 Å². The Kier molecular flexibility index (Phi) is 4.49. The van der Waals surface area contributed by atoms with Crippen LogP contribution in [-0.4, -0.2) is 20.0 Å². The molecule has 0 aliphatic rings. The fraction of sp³-hybridized carbons (Fsp3) is 0.364. The van der Waals surface area contributed by atoms with Gasteiger partial charge >= 0.3 is 5.97 Å². The highest BCUT2D eigenvalue weighted by molar-refractivity contribution is 8.13. The van der Waals surface area contributed by atoms with Gasteiger partial charge in [0.1, 0.15) is 10.5 Å². The van der Waals surface area contributed by atoms with Crippen molar-refractivity contribution in [1.29, 1.82) is 0 Å². The number of esters is 1. The zero-order valence-corrected chi connectivity index (χ0v) is 12.7. The first kappa shape index (κ1) is 16.2. The molecule has 0 heterocycles. The summed E-state index contributed by atoms with van der Waals surface area (Å²) < 4.78 is 41.3. The molecule has 0 aromatic heterocycles. The lowest BCUT2D eigenvalue weighted by molar-refractivity contribution is 0.00641. The van der Waals surface area contributed by atoms with Crippen LogP contribution in [0.25, 0.3) is 0 Å². The summed E-state index contributed by atoms with van der Waals surface area (Å²) in [5.74, 6) is -2.30. The van der Waals surface area contributed by atoms with E-state index in [2.05, 4.69) is 0 Å². The molecule has 106 valence electrons. The molecule has 0 aliphatic carbocycles. The molecule has 1 aromatic rings. The molecule has 0 atom stereocenters. The third-order valence-electron chi connectivity index (χ3n) is 1.89. The van der Waals surface area contributed by atoms with Crippen molar-refractivity contribution < 1.29 is 22.3 Å². The van der Waals surface area contributed by atoms with E-state index in [1.165, 1.54) is 0 Å². The molecule has 0 fully saturated rings. The molecule has 0 N–H and O–H groups in total. The van der Waals surface area contributed by atoms with E-state index in [0.717, 1.165) is 12.1 Å². The number of hydrogen-bond acceptors (Lipinski definition) is 4. The van der Waals surface area contributed by atoms with Crippen LogP contribution in [-0.2, 0) is 13.8 Å². The van der Waals surface area contributed by atoms with Crippen molar-refractivity contribution in [3.8, 4) is 0 Å². The van der Waals surface area contributed by atoms with Gasteiger partial charge in [-0.05, 0) is 32.9 Å². The third kappa shape index (κ3) is 4.33. The Hall–Kier alpha value is -0.850. The van der Waals surface area contributed by atoms with E-state index >= 15 is 0 Å². The molecule has 0 spiro atoms. The van der Waals surface area contributed by atoms with Crippen LogP contribution < -0.4 is 0 Å². The number of rotatable bonds is 2. The predicted octanol–water partition coefficient (Wildman–Crippen LogP) is 3.36. The van der Waals surface area contributed by atoms with Crippen molar-refractivity contribution in [2.75, 3.05) is 0 Å². The molecule has 0 bridgehead atoms. The zero-order chi connectivity index (χ0) is 15.0. The first-order valence-corrected chi connectivity index (χ1v) is 7.77. The maximum atomic E-state index is 14.0. The highest BCUT2D eigenvalue weighted by atomic mass is 35.7. The summed E-state index contributed by atoms with van der Waals surface area (Å²) in [5, 5.41) is -0.138. The maximum Gasteiger partial charge on any atom is 0.341 e. The third-order valence-corrected chi connectivity index (χ3v) is 3.42. The molecule has 0 saturated carbocycles. The molecule has 4 nitrogen and oxygen atoms in total. The van der Waals surface area contributed by atoms with Gasteiger partial charge in [0.2, 0.25) is 0 Å².